The van der Waals surface area contributed by atoms with E-state index in [1.54, 1.807) is 0 Å². The van der Waals surface area contributed by atoms with Gasteiger partial charge in [0.05, 0.1) is 10.8 Å². The van der Waals surface area contributed by atoms with E-state index in [9.17, 15) is 24.6 Å². The predicted molar refractivity (Wildman–Crippen MR) is 103 cm³/mol. The van der Waals surface area contributed by atoms with Crippen LogP contribution in [0.5, 0.6) is 0 Å². The summed E-state index contributed by atoms with van der Waals surface area (Å²) in [7, 11) is 0. The molecular weight excluding hydrogens is 332 g/mol. The van der Waals surface area contributed by atoms with Crippen LogP contribution in [-0.4, -0.2) is 27.9 Å². The van der Waals surface area contributed by atoms with Gasteiger partial charge in [-0.05, 0) is 25.7 Å². The van der Waals surface area contributed by atoms with Crippen LogP contribution in [0.4, 0.5) is 0 Å². The molecule has 0 radical (unpaired) electrons. The standard InChI is InChI=1S/C21H38O5/c1-5-9-13-20(11-7-3,18(23)24)15-17(22)16-21(12-8-4,19(25)26)14-10-6-2/h5-16H2,1-4H3,(H,23,24)(H,25,26). The van der Waals surface area contributed by atoms with E-state index < -0.39 is 22.8 Å². The number of hydrogen-bond donors (Lipinski definition) is 2. The first kappa shape index (κ1) is 24.6. The van der Waals surface area contributed by atoms with Crippen LogP contribution in [-0.2, 0) is 14.4 Å². The number of unbranched alkanes of at least 4 members (excludes halogenated alkanes) is 2. The molecule has 2 N–H and O–H groups in total. The van der Waals surface area contributed by atoms with E-state index in [4.69, 9.17) is 0 Å². The normalized spacial score (nSPS) is 15.8. The zero-order chi connectivity index (χ0) is 20.2. The van der Waals surface area contributed by atoms with Crippen molar-refractivity contribution in [2.75, 3.05) is 0 Å². The second-order valence-corrected chi connectivity index (χ2v) is 7.77. The van der Waals surface area contributed by atoms with Gasteiger partial charge < -0.3 is 10.2 Å². The number of rotatable bonds is 16. The van der Waals surface area contributed by atoms with Crippen LogP contribution in [0.3, 0.4) is 0 Å². The lowest BCUT2D eigenvalue weighted by molar-refractivity contribution is -0.155. The monoisotopic (exact) mass is 370 g/mol. The van der Waals surface area contributed by atoms with Crippen molar-refractivity contribution in [3.05, 3.63) is 0 Å². The Hall–Kier alpha value is -1.39. The highest BCUT2D eigenvalue weighted by Crippen LogP contribution is 2.40. The lowest BCUT2D eigenvalue weighted by atomic mass is 9.70. The minimum absolute atomic E-state index is 0.0545. The minimum Gasteiger partial charge on any atom is -0.481 e. The number of carbonyl (C=O) groups excluding carboxylic acids is 1. The van der Waals surface area contributed by atoms with Gasteiger partial charge in [-0.15, -0.1) is 0 Å². The molecule has 152 valence electrons. The number of carboxylic acid groups (broad SMARTS) is 2. The van der Waals surface area contributed by atoms with E-state index >= 15 is 0 Å². The molecule has 0 saturated heterocycles. The van der Waals surface area contributed by atoms with E-state index in [0.29, 0.717) is 38.5 Å². The van der Waals surface area contributed by atoms with Crippen LogP contribution in [0.2, 0.25) is 0 Å². The Morgan fingerprint density at radius 3 is 1.19 bits per heavy atom. The largest absolute Gasteiger partial charge is 0.481 e. The van der Waals surface area contributed by atoms with Gasteiger partial charge in [-0.1, -0.05) is 66.2 Å². The molecule has 0 saturated carbocycles. The maximum absolute atomic E-state index is 12.8. The van der Waals surface area contributed by atoms with Crippen LogP contribution in [0.1, 0.15) is 105 Å². The van der Waals surface area contributed by atoms with Crippen molar-refractivity contribution in [2.24, 2.45) is 10.8 Å². The van der Waals surface area contributed by atoms with Gasteiger partial charge in [-0.25, -0.2) is 0 Å². The first-order valence-electron chi connectivity index (χ1n) is 10.2. The molecule has 0 aliphatic carbocycles. The summed E-state index contributed by atoms with van der Waals surface area (Å²) in [6.07, 6.45) is 6.40. The summed E-state index contributed by atoms with van der Waals surface area (Å²) in [5.74, 6) is -2.07. The Labute approximate surface area is 158 Å². The van der Waals surface area contributed by atoms with Crippen LogP contribution < -0.4 is 0 Å². The van der Waals surface area contributed by atoms with Crippen molar-refractivity contribution in [1.82, 2.24) is 0 Å². The Kier molecular flexibility index (Phi) is 11.4. The molecule has 0 aliphatic heterocycles. The van der Waals surface area contributed by atoms with Gasteiger partial charge >= 0.3 is 11.9 Å². The zero-order valence-corrected chi connectivity index (χ0v) is 17.1. The van der Waals surface area contributed by atoms with Crippen molar-refractivity contribution in [3.8, 4) is 0 Å². The first-order valence-corrected chi connectivity index (χ1v) is 10.2. The van der Waals surface area contributed by atoms with Gasteiger partial charge in [0.15, 0.2) is 0 Å². The lowest BCUT2D eigenvalue weighted by Crippen LogP contribution is -2.38. The molecule has 0 aromatic rings. The van der Waals surface area contributed by atoms with E-state index in [2.05, 4.69) is 0 Å². The molecule has 5 heteroatoms. The van der Waals surface area contributed by atoms with Crippen LogP contribution in [0, 0.1) is 10.8 Å². The van der Waals surface area contributed by atoms with Crippen molar-refractivity contribution in [1.29, 1.82) is 0 Å². The summed E-state index contributed by atoms with van der Waals surface area (Å²) in [6.45, 7) is 7.85. The number of Topliss-reactive ketones (excluding diaryl/α,β-unsaturated/α-hetero) is 1. The van der Waals surface area contributed by atoms with Crippen molar-refractivity contribution < 1.29 is 24.6 Å². The van der Waals surface area contributed by atoms with Crippen molar-refractivity contribution in [3.63, 3.8) is 0 Å². The number of carboxylic acids is 2. The van der Waals surface area contributed by atoms with E-state index in [0.717, 1.165) is 25.7 Å². The molecule has 0 spiro atoms. The molecule has 0 rings (SSSR count). The second kappa shape index (κ2) is 12.1. The first-order chi connectivity index (χ1) is 12.2. The van der Waals surface area contributed by atoms with Gasteiger partial charge in [0.25, 0.3) is 0 Å². The van der Waals surface area contributed by atoms with Crippen molar-refractivity contribution >= 4 is 17.7 Å². The van der Waals surface area contributed by atoms with Gasteiger partial charge in [-0.3, -0.25) is 14.4 Å². The molecule has 2 atom stereocenters. The number of ketones is 1. The third-order valence-corrected chi connectivity index (χ3v) is 5.45. The predicted octanol–water partition coefficient (Wildman–Crippen LogP) is 5.46. The van der Waals surface area contributed by atoms with Crippen LogP contribution >= 0.6 is 0 Å². The number of carbonyl (C=O) groups is 3. The summed E-state index contributed by atoms with van der Waals surface area (Å²) in [4.78, 5) is 36.8. The number of hydrogen-bond acceptors (Lipinski definition) is 3. The fraction of sp³-hybridized carbons (Fsp3) is 0.857. The fourth-order valence-electron chi connectivity index (χ4n) is 3.99. The molecule has 0 fully saturated rings. The van der Waals surface area contributed by atoms with Gasteiger partial charge in [0, 0.05) is 12.8 Å². The third kappa shape index (κ3) is 7.08. The fourth-order valence-corrected chi connectivity index (χ4v) is 3.99. The maximum Gasteiger partial charge on any atom is 0.310 e. The lowest BCUT2D eigenvalue weighted by Gasteiger charge is -2.32. The Bertz CT molecular complexity index is 419. The maximum atomic E-state index is 12.8. The molecule has 2 unspecified atom stereocenters. The van der Waals surface area contributed by atoms with Gasteiger partial charge in [-0.2, -0.15) is 0 Å². The quantitative estimate of drug-likeness (QED) is 0.376. The molecule has 0 heterocycles. The van der Waals surface area contributed by atoms with Crippen LogP contribution in [0.25, 0.3) is 0 Å². The number of aliphatic carboxylic acids is 2. The van der Waals surface area contributed by atoms with Crippen molar-refractivity contribution in [2.45, 2.75) is 105 Å². The second-order valence-electron chi connectivity index (χ2n) is 7.77. The van der Waals surface area contributed by atoms with E-state index in [-0.39, 0.29) is 18.6 Å². The summed E-state index contributed by atoms with van der Waals surface area (Å²) < 4.78 is 0. The van der Waals surface area contributed by atoms with E-state index in [1.807, 2.05) is 27.7 Å². The zero-order valence-electron chi connectivity index (χ0n) is 17.1. The highest BCUT2D eigenvalue weighted by molar-refractivity contribution is 5.90. The Morgan fingerprint density at radius 1 is 0.615 bits per heavy atom. The topological polar surface area (TPSA) is 91.7 Å². The molecule has 0 aromatic heterocycles. The van der Waals surface area contributed by atoms with Gasteiger partial charge in [0.1, 0.15) is 5.78 Å². The minimum atomic E-state index is -1.05. The molecule has 0 amide bonds. The van der Waals surface area contributed by atoms with E-state index in [1.165, 1.54) is 0 Å². The molecule has 0 aliphatic rings. The summed E-state index contributed by atoms with van der Waals surface area (Å²) in [6, 6.07) is 0. The Morgan fingerprint density at radius 2 is 0.962 bits per heavy atom. The average Bonchev–Trinajstić information content (AvgIpc) is 2.57. The molecule has 26 heavy (non-hydrogen) atoms. The summed E-state index contributed by atoms with van der Waals surface area (Å²) in [5, 5.41) is 19.6. The summed E-state index contributed by atoms with van der Waals surface area (Å²) >= 11 is 0. The highest BCUT2D eigenvalue weighted by Gasteiger charge is 2.43. The van der Waals surface area contributed by atoms with Crippen LogP contribution in [0.15, 0.2) is 0 Å². The summed E-state index contributed by atoms with van der Waals surface area (Å²) in [5.41, 5.74) is -2.11. The highest BCUT2D eigenvalue weighted by atomic mass is 16.4. The molecule has 5 nitrogen and oxygen atoms in total. The third-order valence-electron chi connectivity index (χ3n) is 5.45. The smallest absolute Gasteiger partial charge is 0.310 e. The SMILES string of the molecule is CCCCC(CCC)(CC(=O)CC(CCC)(CCCC)C(=O)O)C(=O)O. The molecular formula is C21H38O5. The van der Waals surface area contributed by atoms with Gasteiger partial charge in [0.2, 0.25) is 0 Å². The molecule has 0 bridgehead atoms. The Balaban J connectivity index is 5.47. The average molecular weight is 371 g/mol. The molecule has 0 aromatic carbocycles.